The van der Waals surface area contributed by atoms with Crippen LogP contribution in [-0.4, -0.2) is 21.2 Å². The molecule has 3 nitrogen and oxygen atoms in total. The Morgan fingerprint density at radius 1 is 1.41 bits per heavy atom. The molecule has 1 heterocycles. The SMILES string of the molecule is CC(O)C1(CCc2nc3ccccc3[nH]2)CC1. The van der Waals surface area contributed by atoms with Crippen LogP contribution in [0.3, 0.4) is 0 Å². The zero-order chi connectivity index (χ0) is 11.9. The van der Waals surface area contributed by atoms with Crippen molar-refractivity contribution in [2.24, 2.45) is 5.41 Å². The molecule has 1 fully saturated rings. The van der Waals surface area contributed by atoms with Crippen LogP contribution in [-0.2, 0) is 6.42 Å². The second-order valence-electron chi connectivity index (χ2n) is 5.24. The van der Waals surface area contributed by atoms with Crippen molar-refractivity contribution < 1.29 is 5.11 Å². The van der Waals surface area contributed by atoms with Gasteiger partial charge in [-0.2, -0.15) is 0 Å². The number of rotatable bonds is 4. The van der Waals surface area contributed by atoms with Gasteiger partial charge >= 0.3 is 0 Å². The molecule has 1 aromatic carbocycles. The summed E-state index contributed by atoms with van der Waals surface area (Å²) in [4.78, 5) is 7.91. The van der Waals surface area contributed by atoms with Gasteiger partial charge in [0, 0.05) is 6.42 Å². The smallest absolute Gasteiger partial charge is 0.107 e. The molecule has 90 valence electrons. The number of aliphatic hydroxyl groups excluding tert-OH is 1. The number of nitrogens with one attached hydrogen (secondary N) is 1. The summed E-state index contributed by atoms with van der Waals surface area (Å²) in [5.74, 6) is 1.04. The molecule has 0 saturated heterocycles. The number of hydrogen-bond acceptors (Lipinski definition) is 2. The number of aromatic amines is 1. The Bertz CT molecular complexity index is 493. The lowest BCUT2D eigenvalue weighted by atomic mass is 9.94. The van der Waals surface area contributed by atoms with Gasteiger partial charge in [0.1, 0.15) is 5.82 Å². The molecule has 1 aromatic heterocycles. The van der Waals surface area contributed by atoms with Gasteiger partial charge in [0.15, 0.2) is 0 Å². The normalized spacial score (nSPS) is 19.4. The number of aliphatic hydroxyl groups is 1. The number of benzene rings is 1. The fourth-order valence-corrected chi connectivity index (χ4v) is 2.53. The monoisotopic (exact) mass is 230 g/mol. The van der Waals surface area contributed by atoms with Crippen LogP contribution in [0.1, 0.15) is 32.0 Å². The number of fused-ring (bicyclic) bond motifs is 1. The van der Waals surface area contributed by atoms with E-state index in [2.05, 4.69) is 9.97 Å². The zero-order valence-corrected chi connectivity index (χ0v) is 10.1. The highest BCUT2D eigenvalue weighted by atomic mass is 16.3. The molecule has 2 aromatic rings. The second kappa shape index (κ2) is 3.84. The maximum absolute atomic E-state index is 9.73. The van der Waals surface area contributed by atoms with Crippen LogP contribution in [0.25, 0.3) is 11.0 Å². The van der Waals surface area contributed by atoms with Crippen LogP contribution in [0.2, 0.25) is 0 Å². The maximum atomic E-state index is 9.73. The number of hydrogen-bond donors (Lipinski definition) is 2. The van der Waals surface area contributed by atoms with Crippen LogP contribution in [0.4, 0.5) is 0 Å². The fourth-order valence-electron chi connectivity index (χ4n) is 2.53. The Labute approximate surface area is 101 Å². The molecule has 1 unspecified atom stereocenters. The molecule has 0 bridgehead atoms. The quantitative estimate of drug-likeness (QED) is 0.848. The predicted octanol–water partition coefficient (Wildman–Crippen LogP) is 2.66. The lowest BCUT2D eigenvalue weighted by molar-refractivity contribution is 0.104. The molecule has 1 saturated carbocycles. The van der Waals surface area contributed by atoms with E-state index in [9.17, 15) is 5.11 Å². The van der Waals surface area contributed by atoms with Crippen molar-refractivity contribution in [3.63, 3.8) is 0 Å². The molecule has 1 atom stereocenters. The lowest BCUT2D eigenvalue weighted by Crippen LogP contribution is -2.18. The van der Waals surface area contributed by atoms with E-state index in [1.54, 1.807) is 0 Å². The molecule has 2 N–H and O–H groups in total. The van der Waals surface area contributed by atoms with E-state index < -0.39 is 0 Å². The maximum Gasteiger partial charge on any atom is 0.107 e. The van der Waals surface area contributed by atoms with E-state index in [0.29, 0.717) is 0 Å². The summed E-state index contributed by atoms with van der Waals surface area (Å²) in [5.41, 5.74) is 2.31. The summed E-state index contributed by atoms with van der Waals surface area (Å²) in [6.07, 6.45) is 4.09. The molecule has 0 spiro atoms. The summed E-state index contributed by atoms with van der Waals surface area (Å²) in [6.45, 7) is 1.91. The van der Waals surface area contributed by atoms with E-state index in [0.717, 1.165) is 42.5 Å². The van der Waals surface area contributed by atoms with Crippen molar-refractivity contribution in [2.45, 2.75) is 38.7 Å². The molecule has 17 heavy (non-hydrogen) atoms. The number of para-hydroxylation sites is 2. The van der Waals surface area contributed by atoms with Crippen LogP contribution < -0.4 is 0 Å². The highest BCUT2D eigenvalue weighted by Gasteiger charge is 2.46. The van der Waals surface area contributed by atoms with Gasteiger partial charge in [0.05, 0.1) is 17.1 Å². The van der Waals surface area contributed by atoms with Gasteiger partial charge in [-0.3, -0.25) is 0 Å². The van der Waals surface area contributed by atoms with Crippen molar-refractivity contribution in [1.82, 2.24) is 9.97 Å². The number of nitrogens with zero attached hydrogens (tertiary/aromatic N) is 1. The Morgan fingerprint density at radius 3 is 2.82 bits per heavy atom. The van der Waals surface area contributed by atoms with Gasteiger partial charge in [0.2, 0.25) is 0 Å². The molecule has 0 radical (unpaired) electrons. The molecule has 0 aliphatic heterocycles. The highest BCUT2D eigenvalue weighted by Crippen LogP contribution is 2.52. The first kappa shape index (κ1) is 10.8. The minimum atomic E-state index is -0.188. The minimum Gasteiger partial charge on any atom is -0.393 e. The van der Waals surface area contributed by atoms with Gasteiger partial charge in [-0.15, -0.1) is 0 Å². The summed E-state index contributed by atoms with van der Waals surface area (Å²) in [5, 5.41) is 9.73. The standard InChI is InChI=1S/C14H18N2O/c1-10(17)14(8-9-14)7-6-13-15-11-4-2-3-5-12(11)16-13/h2-5,10,17H,6-9H2,1H3,(H,15,16). The molecule has 1 aliphatic rings. The van der Waals surface area contributed by atoms with Gasteiger partial charge in [-0.1, -0.05) is 12.1 Å². The van der Waals surface area contributed by atoms with E-state index in [1.807, 2.05) is 31.2 Å². The van der Waals surface area contributed by atoms with Crippen molar-refractivity contribution in [1.29, 1.82) is 0 Å². The van der Waals surface area contributed by atoms with Gasteiger partial charge in [-0.25, -0.2) is 4.98 Å². The van der Waals surface area contributed by atoms with Gasteiger partial charge < -0.3 is 10.1 Å². The average molecular weight is 230 g/mol. The number of H-pyrrole nitrogens is 1. The lowest BCUT2D eigenvalue weighted by Gasteiger charge is -2.17. The van der Waals surface area contributed by atoms with Crippen molar-refractivity contribution in [2.75, 3.05) is 0 Å². The zero-order valence-electron chi connectivity index (χ0n) is 10.1. The predicted molar refractivity (Wildman–Crippen MR) is 67.8 cm³/mol. The van der Waals surface area contributed by atoms with Crippen molar-refractivity contribution in [3.8, 4) is 0 Å². The minimum absolute atomic E-state index is 0.180. The van der Waals surface area contributed by atoms with E-state index in [4.69, 9.17) is 0 Å². The first-order valence-electron chi connectivity index (χ1n) is 6.31. The summed E-state index contributed by atoms with van der Waals surface area (Å²) in [6, 6.07) is 8.10. The van der Waals surface area contributed by atoms with E-state index >= 15 is 0 Å². The van der Waals surface area contributed by atoms with E-state index in [1.165, 1.54) is 0 Å². The summed E-state index contributed by atoms with van der Waals surface area (Å²) < 4.78 is 0. The Kier molecular flexibility index (Phi) is 2.44. The highest BCUT2D eigenvalue weighted by molar-refractivity contribution is 5.74. The van der Waals surface area contributed by atoms with Crippen LogP contribution in [0, 0.1) is 5.41 Å². The molecular weight excluding hydrogens is 212 g/mol. The third-order valence-electron chi connectivity index (χ3n) is 4.08. The topological polar surface area (TPSA) is 48.9 Å². The fraction of sp³-hybridized carbons (Fsp3) is 0.500. The number of aromatic nitrogens is 2. The molecule has 0 amide bonds. The number of aryl methyl sites for hydroxylation is 1. The van der Waals surface area contributed by atoms with Gasteiger partial charge in [0.25, 0.3) is 0 Å². The largest absolute Gasteiger partial charge is 0.393 e. The summed E-state index contributed by atoms with van der Waals surface area (Å²) >= 11 is 0. The van der Waals surface area contributed by atoms with Crippen LogP contribution in [0.15, 0.2) is 24.3 Å². The molecule has 3 rings (SSSR count). The molecule has 1 aliphatic carbocycles. The second-order valence-corrected chi connectivity index (χ2v) is 5.24. The summed E-state index contributed by atoms with van der Waals surface area (Å²) in [7, 11) is 0. The third kappa shape index (κ3) is 1.95. The molecule has 3 heteroatoms. The van der Waals surface area contributed by atoms with E-state index in [-0.39, 0.29) is 11.5 Å². The first-order valence-corrected chi connectivity index (χ1v) is 6.31. The Hall–Kier alpha value is -1.35. The first-order chi connectivity index (χ1) is 8.20. The average Bonchev–Trinajstić information content (AvgIpc) is 3.00. The Morgan fingerprint density at radius 2 is 2.18 bits per heavy atom. The Balaban J connectivity index is 1.73. The van der Waals surface area contributed by atoms with Gasteiger partial charge in [-0.05, 0) is 43.7 Å². The molecular formula is C14H18N2O. The van der Waals surface area contributed by atoms with Crippen LogP contribution in [0.5, 0.6) is 0 Å². The van der Waals surface area contributed by atoms with Crippen LogP contribution >= 0.6 is 0 Å². The number of imidazole rings is 1. The third-order valence-corrected chi connectivity index (χ3v) is 4.08. The van der Waals surface area contributed by atoms with Crippen molar-refractivity contribution >= 4 is 11.0 Å². The van der Waals surface area contributed by atoms with Crippen molar-refractivity contribution in [3.05, 3.63) is 30.1 Å².